The Morgan fingerprint density at radius 3 is 2.38 bits per heavy atom. The first-order chi connectivity index (χ1) is 9.91. The Morgan fingerprint density at radius 1 is 1.05 bits per heavy atom. The van der Waals surface area contributed by atoms with E-state index in [9.17, 15) is 13.2 Å². The van der Waals surface area contributed by atoms with E-state index in [1.54, 1.807) is 0 Å². The molecule has 0 radical (unpaired) electrons. The van der Waals surface area contributed by atoms with Crippen molar-refractivity contribution in [2.24, 2.45) is 0 Å². The van der Waals surface area contributed by atoms with Gasteiger partial charge in [-0.1, -0.05) is 31.5 Å². The second kappa shape index (κ2) is 6.08. The van der Waals surface area contributed by atoms with Gasteiger partial charge in [0.2, 0.25) is 0 Å². The molecule has 0 aliphatic rings. The first kappa shape index (κ1) is 15.2. The predicted molar refractivity (Wildman–Crippen MR) is 79.6 cm³/mol. The molecule has 2 rings (SSSR count). The molecule has 0 heterocycles. The number of benzene rings is 2. The molecule has 2 aromatic rings. The third-order valence-electron chi connectivity index (χ3n) is 3.18. The zero-order valence-corrected chi connectivity index (χ0v) is 11.7. The summed E-state index contributed by atoms with van der Waals surface area (Å²) in [6.45, 7) is 2.07. The zero-order chi connectivity index (χ0) is 15.5. The van der Waals surface area contributed by atoms with Crippen LogP contribution in [0, 0.1) is 0 Å². The van der Waals surface area contributed by atoms with Gasteiger partial charge in [0.1, 0.15) is 0 Å². The molecule has 0 unspecified atom stereocenters. The van der Waals surface area contributed by atoms with Gasteiger partial charge in [0.05, 0.1) is 16.9 Å². The molecule has 2 aromatic carbocycles. The van der Waals surface area contributed by atoms with Gasteiger partial charge >= 0.3 is 6.18 Å². The van der Waals surface area contributed by atoms with Gasteiger partial charge in [-0.05, 0) is 36.2 Å². The van der Waals surface area contributed by atoms with Crippen LogP contribution in [0.4, 0.5) is 30.2 Å². The minimum atomic E-state index is -4.38. The van der Waals surface area contributed by atoms with Gasteiger partial charge in [0, 0.05) is 5.69 Å². The van der Waals surface area contributed by atoms with Crippen LogP contribution in [0.3, 0.4) is 0 Å². The van der Waals surface area contributed by atoms with E-state index in [4.69, 9.17) is 5.73 Å². The summed E-state index contributed by atoms with van der Waals surface area (Å²) in [5.74, 6) is 0. The fraction of sp³-hybridized carbons (Fsp3) is 0.250. The lowest BCUT2D eigenvalue weighted by Crippen LogP contribution is -2.07. The quantitative estimate of drug-likeness (QED) is 0.780. The van der Waals surface area contributed by atoms with Gasteiger partial charge in [-0.3, -0.25) is 0 Å². The van der Waals surface area contributed by atoms with Gasteiger partial charge in [-0.25, -0.2) is 0 Å². The number of hydrogen-bond acceptors (Lipinski definition) is 2. The highest BCUT2D eigenvalue weighted by Crippen LogP contribution is 2.34. The largest absolute Gasteiger partial charge is 0.416 e. The van der Waals surface area contributed by atoms with E-state index in [1.807, 2.05) is 24.3 Å². The fourth-order valence-electron chi connectivity index (χ4n) is 2.13. The molecule has 3 N–H and O–H groups in total. The molecule has 0 fully saturated rings. The van der Waals surface area contributed by atoms with Crippen LogP contribution in [0.15, 0.2) is 42.5 Å². The zero-order valence-electron chi connectivity index (χ0n) is 11.7. The van der Waals surface area contributed by atoms with E-state index in [0.29, 0.717) is 5.69 Å². The smallest absolute Gasteiger partial charge is 0.397 e. The second-order valence-corrected chi connectivity index (χ2v) is 4.83. The summed E-state index contributed by atoms with van der Waals surface area (Å²) in [6, 6.07) is 11.0. The number of rotatable bonds is 4. The molecule has 5 heteroatoms. The average Bonchev–Trinajstić information content (AvgIpc) is 2.42. The first-order valence-electron chi connectivity index (χ1n) is 6.73. The molecule has 112 valence electrons. The third-order valence-corrected chi connectivity index (χ3v) is 3.18. The van der Waals surface area contributed by atoms with Crippen molar-refractivity contribution in [1.29, 1.82) is 0 Å². The third kappa shape index (κ3) is 3.68. The minimum absolute atomic E-state index is 0.0797. The molecule has 0 amide bonds. The highest BCUT2D eigenvalue weighted by atomic mass is 19.4. The van der Waals surface area contributed by atoms with E-state index >= 15 is 0 Å². The molecule has 0 aliphatic carbocycles. The van der Waals surface area contributed by atoms with Crippen LogP contribution >= 0.6 is 0 Å². The number of para-hydroxylation sites is 1. The van der Waals surface area contributed by atoms with Crippen molar-refractivity contribution in [3.63, 3.8) is 0 Å². The number of nitrogens with one attached hydrogen (secondary N) is 1. The number of alkyl halides is 3. The summed E-state index contributed by atoms with van der Waals surface area (Å²) in [5.41, 5.74) is 7.52. The molecule has 0 spiro atoms. The van der Waals surface area contributed by atoms with Crippen LogP contribution in [-0.4, -0.2) is 0 Å². The number of hydrogen-bond donors (Lipinski definition) is 2. The minimum Gasteiger partial charge on any atom is -0.397 e. The van der Waals surface area contributed by atoms with Crippen LogP contribution in [0.2, 0.25) is 0 Å². The van der Waals surface area contributed by atoms with Gasteiger partial charge in [-0.2, -0.15) is 13.2 Å². The fourth-order valence-corrected chi connectivity index (χ4v) is 2.13. The maximum Gasteiger partial charge on any atom is 0.416 e. The lowest BCUT2D eigenvalue weighted by Gasteiger charge is -2.15. The summed E-state index contributed by atoms with van der Waals surface area (Å²) < 4.78 is 37.8. The van der Waals surface area contributed by atoms with Gasteiger partial charge in [0.15, 0.2) is 0 Å². The Morgan fingerprint density at radius 2 is 1.76 bits per heavy atom. The Balaban J connectivity index is 2.28. The van der Waals surface area contributed by atoms with Crippen molar-refractivity contribution < 1.29 is 13.2 Å². The Kier molecular flexibility index (Phi) is 4.40. The van der Waals surface area contributed by atoms with Crippen LogP contribution < -0.4 is 11.1 Å². The lowest BCUT2D eigenvalue weighted by molar-refractivity contribution is -0.137. The monoisotopic (exact) mass is 294 g/mol. The maximum atomic E-state index is 12.6. The summed E-state index contributed by atoms with van der Waals surface area (Å²) in [4.78, 5) is 0. The van der Waals surface area contributed by atoms with Crippen molar-refractivity contribution in [3.8, 4) is 0 Å². The number of halogens is 3. The van der Waals surface area contributed by atoms with Gasteiger partial charge in [0.25, 0.3) is 0 Å². The Labute approximate surface area is 121 Å². The number of aryl methyl sites for hydroxylation is 1. The highest BCUT2D eigenvalue weighted by molar-refractivity contribution is 5.74. The maximum absolute atomic E-state index is 12.6. The van der Waals surface area contributed by atoms with Crippen LogP contribution in [0.1, 0.15) is 24.5 Å². The van der Waals surface area contributed by atoms with Crippen molar-refractivity contribution >= 4 is 17.1 Å². The van der Waals surface area contributed by atoms with Gasteiger partial charge in [-0.15, -0.1) is 0 Å². The number of nitrogen functional groups attached to an aromatic ring is 1. The van der Waals surface area contributed by atoms with Crippen molar-refractivity contribution in [3.05, 3.63) is 53.6 Å². The summed E-state index contributed by atoms with van der Waals surface area (Å²) in [7, 11) is 0. The standard InChI is InChI=1S/C16H17F3N2/c1-2-5-11-6-3-4-7-14(11)21-15-9-8-12(10-13(15)20)16(17,18)19/h3-4,6-10,21H,2,5,20H2,1H3. The molecular weight excluding hydrogens is 277 g/mol. The van der Waals surface area contributed by atoms with Crippen molar-refractivity contribution in [2.45, 2.75) is 25.9 Å². The SMILES string of the molecule is CCCc1ccccc1Nc1ccc(C(F)(F)F)cc1N. The summed E-state index contributed by atoms with van der Waals surface area (Å²) in [6.07, 6.45) is -2.50. The Bertz CT molecular complexity index is 621. The van der Waals surface area contributed by atoms with E-state index in [1.165, 1.54) is 6.07 Å². The van der Waals surface area contributed by atoms with E-state index in [-0.39, 0.29) is 5.69 Å². The normalized spacial score (nSPS) is 11.4. The van der Waals surface area contributed by atoms with Crippen molar-refractivity contribution in [1.82, 2.24) is 0 Å². The molecule has 0 saturated heterocycles. The molecule has 0 aliphatic heterocycles. The van der Waals surface area contributed by atoms with Crippen LogP contribution in [0.5, 0.6) is 0 Å². The Hall–Kier alpha value is -2.17. The van der Waals surface area contributed by atoms with E-state index < -0.39 is 11.7 Å². The molecule has 0 bridgehead atoms. The van der Waals surface area contributed by atoms with Crippen LogP contribution in [0.25, 0.3) is 0 Å². The van der Waals surface area contributed by atoms with E-state index in [0.717, 1.165) is 36.2 Å². The second-order valence-electron chi connectivity index (χ2n) is 4.83. The topological polar surface area (TPSA) is 38.0 Å². The molecular formula is C16H17F3N2. The van der Waals surface area contributed by atoms with E-state index in [2.05, 4.69) is 12.2 Å². The summed E-state index contributed by atoms with van der Waals surface area (Å²) >= 11 is 0. The predicted octanol–water partition coefficient (Wildman–Crippen LogP) is 4.98. The molecule has 2 nitrogen and oxygen atoms in total. The first-order valence-corrected chi connectivity index (χ1v) is 6.73. The lowest BCUT2D eigenvalue weighted by atomic mass is 10.1. The highest BCUT2D eigenvalue weighted by Gasteiger charge is 2.30. The summed E-state index contributed by atoms with van der Waals surface area (Å²) in [5, 5.41) is 3.11. The molecule has 0 saturated carbocycles. The molecule has 21 heavy (non-hydrogen) atoms. The van der Waals surface area contributed by atoms with Gasteiger partial charge < -0.3 is 11.1 Å². The molecule has 0 atom stereocenters. The number of anilines is 3. The number of nitrogens with two attached hydrogens (primary N) is 1. The van der Waals surface area contributed by atoms with Crippen LogP contribution in [-0.2, 0) is 12.6 Å². The average molecular weight is 294 g/mol. The molecule has 0 aromatic heterocycles. The van der Waals surface area contributed by atoms with Crippen molar-refractivity contribution in [2.75, 3.05) is 11.1 Å².